The highest BCUT2D eigenvalue weighted by molar-refractivity contribution is 6.69. The summed E-state index contributed by atoms with van der Waals surface area (Å²) in [7, 11) is 0. The molecule has 258 valence electrons. The van der Waals surface area contributed by atoms with Crippen molar-refractivity contribution in [1.82, 2.24) is 0 Å². The summed E-state index contributed by atoms with van der Waals surface area (Å²) < 4.78 is 33.2. The zero-order valence-corrected chi connectivity index (χ0v) is 28.3. The van der Waals surface area contributed by atoms with E-state index in [1.165, 1.54) is 48.5 Å². The largest absolute Gasteiger partial charge is 0.461 e. The van der Waals surface area contributed by atoms with Crippen LogP contribution in [0.5, 0.6) is 0 Å². The SMILES string of the molecule is C=C(O[C@H]1OC(COC(=O)c2ccccc2)[C@@H](OC(=O)c2ccccc2)C(OC(=O)c2ccccc2)[C@H]1OC(=O)c1ccccc1)C(Cl)(Cl)Cl. The maximum absolute atomic E-state index is 13.6. The standard InChI is InChI=1S/C37H29Cl3O10/c1-23(37(38,39)40)46-36-31(50-35(44)27-20-12-5-13-21-27)30(49-34(43)26-18-10-4-11-19-26)29(48-33(42)25-16-8-3-9-17-25)28(47-36)22-45-32(41)24-14-6-2-7-15-24/h2-21,28-31,36H,1,22H2/t28?,29-,30?,31-,36+/m1/s1. The summed E-state index contributed by atoms with van der Waals surface area (Å²) in [4.78, 5) is 53.6. The van der Waals surface area contributed by atoms with E-state index in [4.69, 9.17) is 63.2 Å². The minimum absolute atomic E-state index is 0.121. The minimum Gasteiger partial charge on any atom is -0.461 e. The van der Waals surface area contributed by atoms with Gasteiger partial charge in [-0.1, -0.05) is 114 Å². The summed E-state index contributed by atoms with van der Waals surface area (Å²) in [6, 6.07) is 31.9. The van der Waals surface area contributed by atoms with Crippen molar-refractivity contribution in [1.29, 1.82) is 0 Å². The lowest BCUT2D eigenvalue weighted by Crippen LogP contribution is -2.63. The number of hydrogen-bond acceptors (Lipinski definition) is 10. The van der Waals surface area contributed by atoms with Crippen LogP contribution in [0.3, 0.4) is 0 Å². The predicted octanol–water partition coefficient (Wildman–Crippen LogP) is 7.15. The first-order chi connectivity index (χ1) is 24.0. The van der Waals surface area contributed by atoms with Gasteiger partial charge in [-0.2, -0.15) is 0 Å². The topological polar surface area (TPSA) is 124 Å². The van der Waals surface area contributed by atoms with Crippen LogP contribution in [-0.4, -0.2) is 65.0 Å². The summed E-state index contributed by atoms with van der Waals surface area (Å²) in [5.41, 5.74) is 0.605. The second-order valence-electron chi connectivity index (χ2n) is 10.8. The minimum atomic E-state index is -2.18. The quantitative estimate of drug-likeness (QED) is 0.0679. The fourth-order valence-corrected chi connectivity index (χ4v) is 4.96. The summed E-state index contributed by atoms with van der Waals surface area (Å²) in [6.07, 6.45) is -7.98. The zero-order valence-electron chi connectivity index (χ0n) is 26.1. The highest BCUT2D eigenvalue weighted by Crippen LogP contribution is 2.38. The molecule has 5 rings (SSSR count). The number of ether oxygens (including phenoxy) is 6. The van der Waals surface area contributed by atoms with E-state index in [-0.39, 0.29) is 22.3 Å². The summed E-state index contributed by atoms with van der Waals surface area (Å²) in [5.74, 6) is -3.78. The van der Waals surface area contributed by atoms with Gasteiger partial charge in [-0.3, -0.25) is 0 Å². The van der Waals surface area contributed by atoms with E-state index in [9.17, 15) is 19.2 Å². The highest BCUT2D eigenvalue weighted by atomic mass is 35.6. The Kier molecular flexibility index (Phi) is 12.2. The van der Waals surface area contributed by atoms with Gasteiger partial charge >= 0.3 is 23.9 Å². The van der Waals surface area contributed by atoms with Gasteiger partial charge in [0.2, 0.25) is 16.2 Å². The van der Waals surface area contributed by atoms with Crippen LogP contribution in [-0.2, 0) is 28.4 Å². The Morgan fingerprint density at radius 2 is 0.900 bits per heavy atom. The normalized spacial score (nSPS) is 20.1. The highest BCUT2D eigenvalue weighted by Gasteiger charge is 2.55. The Morgan fingerprint density at radius 3 is 1.30 bits per heavy atom. The van der Waals surface area contributed by atoms with Gasteiger partial charge in [0.25, 0.3) is 0 Å². The van der Waals surface area contributed by atoms with Crippen LogP contribution in [0.25, 0.3) is 0 Å². The average Bonchev–Trinajstić information content (AvgIpc) is 3.13. The van der Waals surface area contributed by atoms with Crippen LogP contribution < -0.4 is 0 Å². The van der Waals surface area contributed by atoms with Crippen LogP contribution in [0.4, 0.5) is 0 Å². The molecule has 5 atom stereocenters. The molecule has 1 aliphatic heterocycles. The molecule has 0 aliphatic carbocycles. The van der Waals surface area contributed by atoms with Crippen LogP contribution in [0.1, 0.15) is 41.4 Å². The van der Waals surface area contributed by atoms with Gasteiger partial charge in [-0.25, -0.2) is 19.2 Å². The Hall–Kier alpha value is -4.87. The smallest absolute Gasteiger partial charge is 0.338 e. The molecule has 0 spiro atoms. The number of carbonyl (C=O) groups excluding carboxylic acids is 4. The Balaban J connectivity index is 1.58. The number of esters is 4. The number of benzene rings is 4. The van der Waals surface area contributed by atoms with E-state index in [1.807, 2.05) is 0 Å². The molecule has 13 heteroatoms. The molecule has 1 aliphatic rings. The molecular formula is C37H29Cl3O10. The molecule has 1 saturated heterocycles. The van der Waals surface area contributed by atoms with Gasteiger partial charge in [-0.15, -0.1) is 0 Å². The summed E-state index contributed by atoms with van der Waals surface area (Å²) >= 11 is 18.1. The molecule has 1 fully saturated rings. The lowest BCUT2D eigenvalue weighted by Gasteiger charge is -2.44. The van der Waals surface area contributed by atoms with Crippen LogP contribution in [0, 0.1) is 0 Å². The van der Waals surface area contributed by atoms with Gasteiger partial charge in [0.05, 0.1) is 22.3 Å². The zero-order chi connectivity index (χ0) is 35.7. The van der Waals surface area contributed by atoms with Crippen molar-refractivity contribution < 1.29 is 47.6 Å². The molecule has 4 aromatic rings. The Morgan fingerprint density at radius 1 is 0.540 bits per heavy atom. The van der Waals surface area contributed by atoms with Gasteiger partial charge in [0, 0.05) is 0 Å². The van der Waals surface area contributed by atoms with Crippen LogP contribution in [0.2, 0.25) is 0 Å². The molecule has 0 N–H and O–H groups in total. The number of carbonyl (C=O) groups is 4. The first-order valence-electron chi connectivity index (χ1n) is 15.1. The van der Waals surface area contributed by atoms with Crippen molar-refractivity contribution in [2.24, 2.45) is 0 Å². The number of halogens is 3. The third kappa shape index (κ3) is 9.42. The molecule has 1 heterocycles. The molecule has 50 heavy (non-hydrogen) atoms. The van der Waals surface area contributed by atoms with Gasteiger partial charge in [-0.05, 0) is 48.5 Å². The third-order valence-electron chi connectivity index (χ3n) is 7.31. The van der Waals surface area contributed by atoms with Crippen molar-refractivity contribution in [3.63, 3.8) is 0 Å². The Labute approximate surface area is 302 Å². The van der Waals surface area contributed by atoms with Crippen molar-refractivity contribution in [2.45, 2.75) is 34.5 Å². The van der Waals surface area contributed by atoms with Crippen LogP contribution in [0.15, 0.2) is 134 Å². The monoisotopic (exact) mass is 738 g/mol. The number of alkyl halides is 3. The van der Waals surface area contributed by atoms with Crippen molar-refractivity contribution in [3.05, 3.63) is 156 Å². The number of allylic oxidation sites excluding steroid dienone is 1. The lowest BCUT2D eigenvalue weighted by atomic mass is 9.97. The molecule has 0 aromatic heterocycles. The molecular weight excluding hydrogens is 711 g/mol. The first-order valence-corrected chi connectivity index (χ1v) is 16.2. The molecule has 10 nitrogen and oxygen atoms in total. The summed E-state index contributed by atoms with van der Waals surface area (Å²) in [6.45, 7) is 3.10. The first kappa shape index (κ1) is 36.4. The average molecular weight is 740 g/mol. The molecule has 0 amide bonds. The maximum atomic E-state index is 13.6. The van der Waals surface area contributed by atoms with E-state index >= 15 is 0 Å². The Bertz CT molecular complexity index is 1780. The third-order valence-corrected chi connectivity index (χ3v) is 7.94. The van der Waals surface area contributed by atoms with E-state index in [2.05, 4.69) is 6.58 Å². The second kappa shape index (κ2) is 16.7. The fraction of sp³-hybridized carbons (Fsp3) is 0.189. The van der Waals surface area contributed by atoms with Crippen LogP contribution >= 0.6 is 34.8 Å². The number of hydrogen-bond donors (Lipinski definition) is 0. The fourth-order valence-electron chi connectivity index (χ4n) is 4.83. The molecule has 0 saturated carbocycles. The van der Waals surface area contributed by atoms with E-state index in [0.717, 1.165) is 0 Å². The van der Waals surface area contributed by atoms with Gasteiger partial charge in [0.15, 0.2) is 12.2 Å². The second-order valence-corrected chi connectivity index (χ2v) is 13.0. The lowest BCUT2D eigenvalue weighted by molar-refractivity contribution is -0.289. The maximum Gasteiger partial charge on any atom is 0.338 e. The van der Waals surface area contributed by atoms with E-state index in [0.29, 0.717) is 0 Å². The van der Waals surface area contributed by atoms with E-state index < -0.39 is 70.7 Å². The van der Waals surface area contributed by atoms with Crippen molar-refractivity contribution in [3.8, 4) is 0 Å². The van der Waals surface area contributed by atoms with Crippen molar-refractivity contribution >= 4 is 58.7 Å². The molecule has 4 aromatic carbocycles. The van der Waals surface area contributed by atoms with E-state index in [1.54, 1.807) is 72.8 Å². The number of rotatable bonds is 11. The summed E-state index contributed by atoms with van der Waals surface area (Å²) in [5, 5.41) is 0. The molecule has 0 bridgehead atoms. The molecule has 0 radical (unpaired) electrons. The van der Waals surface area contributed by atoms with Crippen molar-refractivity contribution in [2.75, 3.05) is 6.61 Å². The predicted molar refractivity (Wildman–Crippen MR) is 183 cm³/mol. The van der Waals surface area contributed by atoms with Gasteiger partial charge in [0.1, 0.15) is 18.5 Å². The van der Waals surface area contributed by atoms with Gasteiger partial charge < -0.3 is 28.4 Å². The molecule has 2 unspecified atom stereocenters.